The summed E-state index contributed by atoms with van der Waals surface area (Å²) in [5, 5.41) is 0. The summed E-state index contributed by atoms with van der Waals surface area (Å²) in [6, 6.07) is 0. The molecule has 0 amide bonds. The largest absolute Gasteiger partial charge is 0.299 e. The Balaban J connectivity index is 3.45. The molecule has 0 atom stereocenters. The SMILES string of the molecule is CCC=CCCC(C)=CC=O. The third-order valence-electron chi connectivity index (χ3n) is 1.46. The number of aldehydes is 1. The molecular weight excluding hydrogens is 136 g/mol. The molecule has 0 aliphatic heterocycles. The number of rotatable bonds is 5. The lowest BCUT2D eigenvalue weighted by Crippen LogP contribution is -1.76. The topological polar surface area (TPSA) is 17.1 Å². The molecule has 11 heavy (non-hydrogen) atoms. The van der Waals surface area contributed by atoms with Gasteiger partial charge in [-0.05, 0) is 32.3 Å². The monoisotopic (exact) mass is 152 g/mol. The molecule has 0 aromatic rings. The first kappa shape index (κ1) is 10.2. The molecule has 0 rings (SSSR count). The summed E-state index contributed by atoms with van der Waals surface area (Å²) in [5.41, 5.74) is 1.15. The van der Waals surface area contributed by atoms with Gasteiger partial charge in [-0.15, -0.1) is 0 Å². The minimum atomic E-state index is 0.846. The van der Waals surface area contributed by atoms with Crippen LogP contribution in [-0.2, 0) is 4.79 Å². The van der Waals surface area contributed by atoms with E-state index in [-0.39, 0.29) is 0 Å². The molecule has 0 unspecified atom stereocenters. The van der Waals surface area contributed by atoms with Crippen molar-refractivity contribution in [2.24, 2.45) is 0 Å². The van der Waals surface area contributed by atoms with Crippen LogP contribution < -0.4 is 0 Å². The summed E-state index contributed by atoms with van der Waals surface area (Å²) in [6.45, 7) is 4.10. The van der Waals surface area contributed by atoms with Crippen molar-refractivity contribution in [2.75, 3.05) is 0 Å². The second-order valence-corrected chi connectivity index (χ2v) is 2.57. The van der Waals surface area contributed by atoms with Crippen molar-refractivity contribution in [2.45, 2.75) is 33.1 Å². The molecule has 62 valence electrons. The zero-order chi connectivity index (χ0) is 8.53. The molecule has 0 fully saturated rings. The normalized spacial score (nSPS) is 12.4. The van der Waals surface area contributed by atoms with E-state index in [4.69, 9.17) is 0 Å². The lowest BCUT2D eigenvalue weighted by Gasteiger charge is -1.93. The molecule has 0 heterocycles. The van der Waals surface area contributed by atoms with Gasteiger partial charge in [0.05, 0.1) is 0 Å². The number of allylic oxidation sites excluding steroid dienone is 4. The van der Waals surface area contributed by atoms with Gasteiger partial charge in [-0.1, -0.05) is 24.6 Å². The van der Waals surface area contributed by atoms with Crippen LogP contribution in [-0.4, -0.2) is 6.29 Å². The Bertz CT molecular complexity index is 154. The van der Waals surface area contributed by atoms with E-state index in [1.54, 1.807) is 6.08 Å². The van der Waals surface area contributed by atoms with Gasteiger partial charge < -0.3 is 0 Å². The fourth-order valence-corrected chi connectivity index (χ4v) is 0.795. The van der Waals surface area contributed by atoms with Gasteiger partial charge in [0.25, 0.3) is 0 Å². The van der Waals surface area contributed by atoms with E-state index in [2.05, 4.69) is 19.1 Å². The maximum Gasteiger partial charge on any atom is 0.142 e. The summed E-state index contributed by atoms with van der Waals surface area (Å²) < 4.78 is 0. The Labute approximate surface area is 68.8 Å². The minimum Gasteiger partial charge on any atom is -0.299 e. The van der Waals surface area contributed by atoms with Crippen LogP contribution in [0.25, 0.3) is 0 Å². The number of hydrogen-bond acceptors (Lipinski definition) is 1. The summed E-state index contributed by atoms with van der Waals surface area (Å²) in [7, 11) is 0. The van der Waals surface area contributed by atoms with Crippen molar-refractivity contribution < 1.29 is 4.79 Å². The molecule has 1 nitrogen and oxygen atoms in total. The van der Waals surface area contributed by atoms with Crippen molar-refractivity contribution in [3.05, 3.63) is 23.8 Å². The number of hydrogen-bond donors (Lipinski definition) is 0. The van der Waals surface area contributed by atoms with E-state index >= 15 is 0 Å². The number of carbonyl (C=O) groups excluding carboxylic acids is 1. The molecule has 0 aliphatic rings. The molecule has 0 aromatic heterocycles. The standard InChI is InChI=1S/C10H16O/c1-3-4-5-6-7-10(2)8-9-11/h4-5,8-9H,3,6-7H2,1-2H3. The van der Waals surface area contributed by atoms with Crippen LogP contribution in [0.5, 0.6) is 0 Å². The van der Waals surface area contributed by atoms with Gasteiger partial charge >= 0.3 is 0 Å². The summed E-state index contributed by atoms with van der Waals surface area (Å²) in [6.07, 6.45) is 9.91. The Morgan fingerprint density at radius 1 is 1.36 bits per heavy atom. The molecule has 0 N–H and O–H groups in total. The quantitative estimate of drug-likeness (QED) is 0.336. The highest BCUT2D eigenvalue weighted by molar-refractivity contribution is 5.65. The molecule has 0 spiro atoms. The fraction of sp³-hybridized carbons (Fsp3) is 0.500. The van der Waals surface area contributed by atoms with E-state index in [1.165, 1.54) is 0 Å². The number of carbonyl (C=O) groups is 1. The van der Waals surface area contributed by atoms with Gasteiger partial charge in [-0.25, -0.2) is 0 Å². The third-order valence-corrected chi connectivity index (χ3v) is 1.46. The van der Waals surface area contributed by atoms with E-state index in [9.17, 15) is 4.79 Å². The highest BCUT2D eigenvalue weighted by atomic mass is 16.1. The van der Waals surface area contributed by atoms with Crippen LogP contribution in [0.15, 0.2) is 23.8 Å². The zero-order valence-electron chi connectivity index (χ0n) is 7.34. The highest BCUT2D eigenvalue weighted by Crippen LogP contribution is 2.03. The van der Waals surface area contributed by atoms with Crippen molar-refractivity contribution in [3.8, 4) is 0 Å². The van der Waals surface area contributed by atoms with Crippen molar-refractivity contribution in [1.82, 2.24) is 0 Å². The second kappa shape index (κ2) is 7.26. The van der Waals surface area contributed by atoms with E-state index < -0.39 is 0 Å². The predicted octanol–water partition coefficient (Wildman–Crippen LogP) is 2.88. The lowest BCUT2D eigenvalue weighted by atomic mass is 10.1. The Morgan fingerprint density at radius 2 is 2.09 bits per heavy atom. The van der Waals surface area contributed by atoms with Gasteiger partial charge in [0.15, 0.2) is 0 Å². The molecule has 0 bridgehead atoms. The van der Waals surface area contributed by atoms with Gasteiger partial charge in [0.2, 0.25) is 0 Å². The van der Waals surface area contributed by atoms with Crippen LogP contribution >= 0.6 is 0 Å². The van der Waals surface area contributed by atoms with Crippen LogP contribution in [0.2, 0.25) is 0 Å². The van der Waals surface area contributed by atoms with E-state index in [1.807, 2.05) is 6.92 Å². The second-order valence-electron chi connectivity index (χ2n) is 2.57. The van der Waals surface area contributed by atoms with Gasteiger partial charge in [0.1, 0.15) is 6.29 Å². The van der Waals surface area contributed by atoms with Crippen LogP contribution in [0.4, 0.5) is 0 Å². The summed E-state index contributed by atoms with van der Waals surface area (Å²) in [4.78, 5) is 10.0. The maximum atomic E-state index is 10.0. The van der Waals surface area contributed by atoms with Crippen LogP contribution in [0.3, 0.4) is 0 Å². The molecular formula is C10H16O. The summed E-state index contributed by atoms with van der Waals surface area (Å²) >= 11 is 0. The maximum absolute atomic E-state index is 10.0. The lowest BCUT2D eigenvalue weighted by molar-refractivity contribution is -0.104. The van der Waals surface area contributed by atoms with Gasteiger partial charge in [0, 0.05) is 0 Å². The first-order valence-electron chi connectivity index (χ1n) is 4.07. The van der Waals surface area contributed by atoms with Crippen molar-refractivity contribution >= 4 is 6.29 Å². The summed E-state index contributed by atoms with van der Waals surface area (Å²) in [5.74, 6) is 0. The molecule has 0 aromatic carbocycles. The van der Waals surface area contributed by atoms with Crippen LogP contribution in [0, 0.1) is 0 Å². The molecule has 1 heteroatoms. The minimum absolute atomic E-state index is 0.846. The zero-order valence-corrected chi connectivity index (χ0v) is 7.34. The molecule has 0 radical (unpaired) electrons. The van der Waals surface area contributed by atoms with Gasteiger partial charge in [-0.3, -0.25) is 4.79 Å². The van der Waals surface area contributed by atoms with Crippen LogP contribution in [0.1, 0.15) is 33.1 Å². The molecule has 0 saturated carbocycles. The smallest absolute Gasteiger partial charge is 0.142 e. The third kappa shape index (κ3) is 7.04. The molecule has 0 saturated heterocycles. The average Bonchev–Trinajstić information content (AvgIpc) is 1.99. The van der Waals surface area contributed by atoms with Crippen molar-refractivity contribution in [1.29, 1.82) is 0 Å². The molecule has 0 aliphatic carbocycles. The fourth-order valence-electron chi connectivity index (χ4n) is 0.795. The average molecular weight is 152 g/mol. The van der Waals surface area contributed by atoms with E-state index in [0.717, 1.165) is 31.1 Å². The van der Waals surface area contributed by atoms with Gasteiger partial charge in [-0.2, -0.15) is 0 Å². The Morgan fingerprint density at radius 3 is 2.64 bits per heavy atom. The highest BCUT2D eigenvalue weighted by Gasteiger charge is 1.85. The Hall–Kier alpha value is -0.850. The first-order valence-corrected chi connectivity index (χ1v) is 4.07. The Kier molecular flexibility index (Phi) is 6.70. The van der Waals surface area contributed by atoms with E-state index in [0.29, 0.717) is 0 Å². The first-order chi connectivity index (χ1) is 5.31. The van der Waals surface area contributed by atoms with Crippen molar-refractivity contribution in [3.63, 3.8) is 0 Å². The predicted molar refractivity (Wildman–Crippen MR) is 48.5 cm³/mol.